The summed E-state index contributed by atoms with van der Waals surface area (Å²) in [6.45, 7) is 10.6. The Balaban J connectivity index is 4.72. The third-order valence-corrected chi connectivity index (χ3v) is 4.69. The van der Waals surface area contributed by atoms with Crippen LogP contribution in [0.3, 0.4) is 0 Å². The largest absolute Gasteiger partial charge is 0.481 e. The fraction of sp³-hybridized carbons (Fsp3) is 0.875. The van der Waals surface area contributed by atoms with Crippen molar-refractivity contribution in [1.29, 1.82) is 0 Å². The van der Waals surface area contributed by atoms with Crippen LogP contribution < -0.4 is 5.84 Å². The van der Waals surface area contributed by atoms with Crippen molar-refractivity contribution in [3.05, 3.63) is 0 Å². The quantitative estimate of drug-likeness (QED) is 0.369. The molecule has 0 spiro atoms. The van der Waals surface area contributed by atoms with Crippen molar-refractivity contribution >= 4 is 11.9 Å². The van der Waals surface area contributed by atoms with Crippen LogP contribution in [0.15, 0.2) is 0 Å². The lowest BCUT2D eigenvalue weighted by molar-refractivity contribution is -0.141. The first kappa shape index (κ1) is 19.9. The van der Waals surface area contributed by atoms with Gasteiger partial charge in [0.1, 0.15) is 0 Å². The lowest BCUT2D eigenvalue weighted by Crippen LogP contribution is -2.44. The number of nitrogens with zero attached hydrogens (tertiary/aromatic N) is 1. The zero-order valence-electron chi connectivity index (χ0n) is 14.1. The predicted octanol–water partition coefficient (Wildman–Crippen LogP) is 2.90. The molecule has 1 amide bonds. The van der Waals surface area contributed by atoms with E-state index in [1.165, 1.54) is 5.01 Å². The lowest BCUT2D eigenvalue weighted by atomic mass is 9.80. The third-order valence-electron chi connectivity index (χ3n) is 4.69. The highest BCUT2D eigenvalue weighted by molar-refractivity contribution is 5.75. The van der Waals surface area contributed by atoms with Gasteiger partial charge in [0, 0.05) is 13.0 Å². The van der Waals surface area contributed by atoms with Gasteiger partial charge in [-0.15, -0.1) is 0 Å². The smallest absolute Gasteiger partial charge is 0.303 e. The molecule has 0 radical (unpaired) electrons. The molecule has 0 fully saturated rings. The second kappa shape index (κ2) is 9.77. The topological polar surface area (TPSA) is 83.6 Å². The summed E-state index contributed by atoms with van der Waals surface area (Å²) in [6.07, 6.45) is 2.39. The van der Waals surface area contributed by atoms with Gasteiger partial charge in [0.25, 0.3) is 0 Å². The molecular weight excluding hydrogens is 268 g/mol. The van der Waals surface area contributed by atoms with Crippen LogP contribution in [0.4, 0.5) is 0 Å². The standard InChI is InChI=1S/C16H32N2O3/c1-6-11(3)8-15(19)18(17)10-14(9-16(20)21)13(5)12(4)7-2/h11-14H,6-10,17H2,1-5H3,(H,20,21). The number of rotatable bonds is 10. The lowest BCUT2D eigenvalue weighted by Gasteiger charge is -2.31. The van der Waals surface area contributed by atoms with Gasteiger partial charge in [-0.3, -0.25) is 14.6 Å². The van der Waals surface area contributed by atoms with Crippen molar-refractivity contribution in [1.82, 2.24) is 5.01 Å². The molecule has 0 aromatic carbocycles. The summed E-state index contributed by atoms with van der Waals surface area (Å²) in [5.41, 5.74) is 0. The highest BCUT2D eigenvalue weighted by atomic mass is 16.4. The van der Waals surface area contributed by atoms with Crippen LogP contribution >= 0.6 is 0 Å². The number of hydrazine groups is 1. The molecule has 0 aliphatic rings. The minimum atomic E-state index is -0.835. The van der Waals surface area contributed by atoms with Gasteiger partial charge in [-0.05, 0) is 23.7 Å². The van der Waals surface area contributed by atoms with Crippen molar-refractivity contribution in [3.8, 4) is 0 Å². The molecule has 0 heterocycles. The fourth-order valence-electron chi connectivity index (χ4n) is 2.39. The van der Waals surface area contributed by atoms with Gasteiger partial charge in [-0.2, -0.15) is 0 Å². The number of carboxylic acid groups (broad SMARTS) is 1. The van der Waals surface area contributed by atoms with E-state index >= 15 is 0 Å². The van der Waals surface area contributed by atoms with E-state index in [2.05, 4.69) is 20.8 Å². The van der Waals surface area contributed by atoms with Gasteiger partial charge in [-0.1, -0.05) is 47.5 Å². The fourth-order valence-corrected chi connectivity index (χ4v) is 2.39. The number of aliphatic carboxylic acids is 1. The number of amides is 1. The number of hydrogen-bond donors (Lipinski definition) is 2. The summed E-state index contributed by atoms with van der Waals surface area (Å²) < 4.78 is 0. The molecule has 4 unspecified atom stereocenters. The predicted molar refractivity (Wildman–Crippen MR) is 84.3 cm³/mol. The van der Waals surface area contributed by atoms with E-state index < -0.39 is 5.97 Å². The van der Waals surface area contributed by atoms with E-state index in [1.807, 2.05) is 13.8 Å². The van der Waals surface area contributed by atoms with Crippen LogP contribution in [0, 0.1) is 23.7 Å². The van der Waals surface area contributed by atoms with Crippen LogP contribution in [-0.2, 0) is 9.59 Å². The zero-order valence-corrected chi connectivity index (χ0v) is 14.1. The Kier molecular flexibility index (Phi) is 9.26. The Morgan fingerprint density at radius 3 is 2.10 bits per heavy atom. The van der Waals surface area contributed by atoms with E-state index in [4.69, 9.17) is 10.9 Å². The van der Waals surface area contributed by atoms with E-state index in [1.54, 1.807) is 0 Å². The Bertz CT molecular complexity index is 333. The molecular formula is C16H32N2O3. The van der Waals surface area contributed by atoms with Crippen LogP contribution in [-0.4, -0.2) is 28.5 Å². The Hall–Kier alpha value is -1.10. The minimum Gasteiger partial charge on any atom is -0.481 e. The van der Waals surface area contributed by atoms with Crippen molar-refractivity contribution < 1.29 is 14.7 Å². The Morgan fingerprint density at radius 2 is 1.67 bits per heavy atom. The van der Waals surface area contributed by atoms with Crippen LogP contribution in [0.2, 0.25) is 0 Å². The number of carboxylic acids is 1. The average Bonchev–Trinajstić information content (AvgIpc) is 2.43. The monoisotopic (exact) mass is 300 g/mol. The molecule has 0 rings (SSSR count). The molecule has 0 aliphatic heterocycles. The van der Waals surface area contributed by atoms with Gasteiger partial charge in [0.05, 0.1) is 6.42 Å². The van der Waals surface area contributed by atoms with Gasteiger partial charge in [0.2, 0.25) is 5.91 Å². The Labute approximate surface area is 128 Å². The van der Waals surface area contributed by atoms with Crippen LogP contribution in [0.25, 0.3) is 0 Å². The van der Waals surface area contributed by atoms with Crippen molar-refractivity contribution in [2.75, 3.05) is 6.54 Å². The molecule has 21 heavy (non-hydrogen) atoms. The van der Waals surface area contributed by atoms with Crippen LogP contribution in [0.1, 0.15) is 60.3 Å². The molecule has 124 valence electrons. The number of hydrogen-bond acceptors (Lipinski definition) is 3. The first-order valence-electron chi connectivity index (χ1n) is 7.99. The first-order chi connectivity index (χ1) is 9.72. The van der Waals surface area contributed by atoms with Gasteiger partial charge >= 0.3 is 5.97 Å². The molecule has 4 atom stereocenters. The SMILES string of the molecule is CCC(C)CC(=O)N(N)CC(CC(=O)O)C(C)C(C)CC. The van der Waals surface area contributed by atoms with Crippen LogP contribution in [0.5, 0.6) is 0 Å². The highest BCUT2D eigenvalue weighted by Crippen LogP contribution is 2.26. The molecule has 0 aromatic heterocycles. The number of carbonyl (C=O) groups is 2. The summed E-state index contributed by atoms with van der Waals surface area (Å²) in [5.74, 6) is 5.75. The average molecular weight is 300 g/mol. The van der Waals surface area contributed by atoms with E-state index in [0.717, 1.165) is 12.8 Å². The molecule has 5 heteroatoms. The summed E-state index contributed by atoms with van der Waals surface area (Å²) in [7, 11) is 0. The maximum Gasteiger partial charge on any atom is 0.303 e. The summed E-state index contributed by atoms with van der Waals surface area (Å²) in [6, 6.07) is 0. The number of carbonyl (C=O) groups excluding carboxylic acids is 1. The maximum absolute atomic E-state index is 12.0. The van der Waals surface area contributed by atoms with Gasteiger partial charge < -0.3 is 5.11 Å². The van der Waals surface area contributed by atoms with Crippen molar-refractivity contribution in [3.63, 3.8) is 0 Å². The molecule has 5 nitrogen and oxygen atoms in total. The van der Waals surface area contributed by atoms with E-state index in [0.29, 0.717) is 24.8 Å². The molecule has 3 N–H and O–H groups in total. The number of nitrogens with two attached hydrogens (primary N) is 1. The summed E-state index contributed by atoms with van der Waals surface area (Å²) in [5, 5.41) is 10.3. The van der Waals surface area contributed by atoms with Crippen molar-refractivity contribution in [2.24, 2.45) is 29.5 Å². The summed E-state index contributed by atoms with van der Waals surface area (Å²) in [4.78, 5) is 23.1. The van der Waals surface area contributed by atoms with E-state index in [9.17, 15) is 9.59 Å². The maximum atomic E-state index is 12.0. The third kappa shape index (κ3) is 7.46. The zero-order chi connectivity index (χ0) is 16.6. The normalized spacial score (nSPS) is 16.9. The molecule has 0 bridgehead atoms. The second-order valence-electron chi connectivity index (χ2n) is 6.37. The molecule has 0 aliphatic carbocycles. The van der Waals surface area contributed by atoms with E-state index in [-0.39, 0.29) is 24.2 Å². The Morgan fingerprint density at radius 1 is 1.10 bits per heavy atom. The summed E-state index contributed by atoms with van der Waals surface area (Å²) >= 11 is 0. The molecule has 0 saturated carbocycles. The second-order valence-corrected chi connectivity index (χ2v) is 6.37. The highest BCUT2D eigenvalue weighted by Gasteiger charge is 2.27. The molecule has 0 aromatic rings. The minimum absolute atomic E-state index is 0.0514. The first-order valence-corrected chi connectivity index (χ1v) is 7.99. The molecule has 0 saturated heterocycles. The van der Waals surface area contributed by atoms with Gasteiger partial charge in [0.15, 0.2) is 0 Å². The van der Waals surface area contributed by atoms with Crippen molar-refractivity contribution in [2.45, 2.75) is 60.3 Å². The van der Waals surface area contributed by atoms with Gasteiger partial charge in [-0.25, -0.2) is 5.84 Å².